The predicted molar refractivity (Wildman–Crippen MR) is 65.6 cm³/mol. The van der Waals surface area contributed by atoms with Crippen LogP contribution in [0.2, 0.25) is 0 Å². The van der Waals surface area contributed by atoms with Gasteiger partial charge in [0, 0.05) is 5.88 Å². The van der Waals surface area contributed by atoms with Gasteiger partial charge in [-0.25, -0.2) is 4.39 Å². The van der Waals surface area contributed by atoms with Gasteiger partial charge in [-0.1, -0.05) is 32.3 Å². The van der Waals surface area contributed by atoms with Gasteiger partial charge in [-0.05, 0) is 24.1 Å². The third-order valence-electron chi connectivity index (χ3n) is 2.41. The molecule has 0 N–H and O–H groups in total. The Kier molecular flexibility index (Phi) is 6.24. The predicted octanol–water partition coefficient (Wildman–Crippen LogP) is 4.52. The minimum Gasteiger partial charge on any atom is -0.491 e. The zero-order valence-corrected chi connectivity index (χ0v) is 10.4. The van der Waals surface area contributed by atoms with Gasteiger partial charge < -0.3 is 4.74 Å². The Morgan fingerprint density at radius 1 is 1.25 bits per heavy atom. The summed E-state index contributed by atoms with van der Waals surface area (Å²) in [6.07, 6.45) is 4.51. The molecule has 0 saturated carbocycles. The molecule has 1 rings (SSSR count). The fourth-order valence-electron chi connectivity index (χ4n) is 1.46. The molecule has 16 heavy (non-hydrogen) atoms. The summed E-state index contributed by atoms with van der Waals surface area (Å²) in [7, 11) is 0. The van der Waals surface area contributed by atoms with Gasteiger partial charge in [0.15, 0.2) is 11.6 Å². The number of rotatable bonds is 7. The topological polar surface area (TPSA) is 9.23 Å². The molecule has 90 valence electrons. The van der Waals surface area contributed by atoms with E-state index in [0.29, 0.717) is 18.2 Å². The van der Waals surface area contributed by atoms with Gasteiger partial charge in [0.25, 0.3) is 0 Å². The molecule has 0 amide bonds. The highest BCUT2D eigenvalue weighted by Gasteiger charge is 2.03. The molecule has 0 atom stereocenters. The van der Waals surface area contributed by atoms with Crippen LogP contribution in [0.5, 0.6) is 5.75 Å². The Morgan fingerprint density at radius 2 is 2.06 bits per heavy atom. The van der Waals surface area contributed by atoms with Gasteiger partial charge in [0.2, 0.25) is 0 Å². The van der Waals surface area contributed by atoms with Crippen LogP contribution in [0.15, 0.2) is 18.2 Å². The molecule has 0 bridgehead atoms. The van der Waals surface area contributed by atoms with Crippen molar-refractivity contribution in [2.75, 3.05) is 6.61 Å². The lowest BCUT2D eigenvalue weighted by Crippen LogP contribution is -1.99. The van der Waals surface area contributed by atoms with Crippen LogP contribution in [0, 0.1) is 5.82 Å². The standard InChI is InChI=1S/C13H18ClFO/c1-2-3-4-5-8-16-13-7-6-11(10-14)9-12(13)15/h6-7,9H,2-5,8,10H2,1H3. The molecule has 0 aliphatic carbocycles. The van der Waals surface area contributed by atoms with E-state index in [2.05, 4.69) is 6.92 Å². The maximum Gasteiger partial charge on any atom is 0.165 e. The van der Waals surface area contributed by atoms with E-state index < -0.39 is 0 Å². The van der Waals surface area contributed by atoms with E-state index in [-0.39, 0.29) is 5.82 Å². The van der Waals surface area contributed by atoms with Crippen molar-refractivity contribution in [2.45, 2.75) is 38.5 Å². The molecule has 0 radical (unpaired) electrons. The second-order valence-electron chi connectivity index (χ2n) is 3.81. The van der Waals surface area contributed by atoms with Crippen LogP contribution in [-0.2, 0) is 5.88 Å². The summed E-state index contributed by atoms with van der Waals surface area (Å²) < 4.78 is 18.8. The van der Waals surface area contributed by atoms with E-state index in [1.807, 2.05) is 0 Å². The third-order valence-corrected chi connectivity index (χ3v) is 2.71. The van der Waals surface area contributed by atoms with E-state index in [0.717, 1.165) is 18.4 Å². The van der Waals surface area contributed by atoms with Gasteiger partial charge in [-0.3, -0.25) is 0 Å². The van der Waals surface area contributed by atoms with Crippen LogP contribution in [0.3, 0.4) is 0 Å². The van der Waals surface area contributed by atoms with E-state index in [1.54, 1.807) is 12.1 Å². The Labute approximate surface area is 102 Å². The minimum atomic E-state index is -0.325. The molecule has 0 heterocycles. The minimum absolute atomic E-state index is 0.324. The summed E-state index contributed by atoms with van der Waals surface area (Å²) in [5.74, 6) is 0.326. The Hall–Kier alpha value is -0.760. The second-order valence-corrected chi connectivity index (χ2v) is 4.07. The van der Waals surface area contributed by atoms with E-state index in [1.165, 1.54) is 18.9 Å². The maximum atomic E-state index is 13.4. The Bertz CT molecular complexity index is 315. The maximum absolute atomic E-state index is 13.4. The van der Waals surface area contributed by atoms with Crippen molar-refractivity contribution in [1.82, 2.24) is 0 Å². The fraction of sp³-hybridized carbons (Fsp3) is 0.538. The van der Waals surface area contributed by atoms with Crippen LogP contribution in [0.25, 0.3) is 0 Å². The molecule has 0 unspecified atom stereocenters. The third kappa shape index (κ3) is 4.40. The summed E-state index contributed by atoms with van der Waals surface area (Å²) in [6.45, 7) is 2.74. The highest BCUT2D eigenvalue weighted by atomic mass is 35.5. The van der Waals surface area contributed by atoms with E-state index in [9.17, 15) is 4.39 Å². The largest absolute Gasteiger partial charge is 0.491 e. The quantitative estimate of drug-likeness (QED) is 0.506. The first-order valence-electron chi connectivity index (χ1n) is 5.75. The van der Waals surface area contributed by atoms with Crippen LogP contribution >= 0.6 is 11.6 Å². The first-order valence-corrected chi connectivity index (χ1v) is 6.28. The van der Waals surface area contributed by atoms with Crippen molar-refractivity contribution < 1.29 is 9.13 Å². The Balaban J connectivity index is 2.36. The number of ether oxygens (including phenoxy) is 1. The molecular weight excluding hydrogens is 227 g/mol. The van der Waals surface area contributed by atoms with Gasteiger partial charge >= 0.3 is 0 Å². The Morgan fingerprint density at radius 3 is 2.69 bits per heavy atom. The summed E-state index contributed by atoms with van der Waals surface area (Å²) in [5, 5.41) is 0. The average Bonchev–Trinajstić information content (AvgIpc) is 2.30. The van der Waals surface area contributed by atoms with Crippen molar-refractivity contribution in [2.24, 2.45) is 0 Å². The summed E-state index contributed by atoms with van der Waals surface area (Å²) >= 11 is 5.61. The lowest BCUT2D eigenvalue weighted by Gasteiger charge is -2.07. The van der Waals surface area contributed by atoms with Crippen LogP contribution in [-0.4, -0.2) is 6.61 Å². The van der Waals surface area contributed by atoms with Crippen molar-refractivity contribution in [1.29, 1.82) is 0 Å². The highest BCUT2D eigenvalue weighted by Crippen LogP contribution is 2.19. The molecule has 1 aromatic carbocycles. The zero-order chi connectivity index (χ0) is 11.8. The molecule has 0 saturated heterocycles. The number of alkyl halides is 1. The van der Waals surface area contributed by atoms with Gasteiger partial charge in [-0.15, -0.1) is 11.6 Å². The van der Waals surface area contributed by atoms with Crippen molar-refractivity contribution in [3.05, 3.63) is 29.6 Å². The van der Waals surface area contributed by atoms with Crippen molar-refractivity contribution in [3.8, 4) is 5.75 Å². The number of unbranched alkanes of at least 4 members (excludes halogenated alkanes) is 3. The lowest BCUT2D eigenvalue weighted by molar-refractivity contribution is 0.290. The number of hydrogen-bond donors (Lipinski definition) is 0. The molecule has 3 heteroatoms. The molecule has 0 aliphatic rings. The number of halogens is 2. The van der Waals surface area contributed by atoms with E-state index >= 15 is 0 Å². The number of benzene rings is 1. The fourth-order valence-corrected chi connectivity index (χ4v) is 1.62. The van der Waals surface area contributed by atoms with Gasteiger partial charge in [0.1, 0.15) is 0 Å². The highest BCUT2D eigenvalue weighted by molar-refractivity contribution is 6.17. The molecule has 0 spiro atoms. The normalized spacial score (nSPS) is 10.4. The SMILES string of the molecule is CCCCCCOc1ccc(CCl)cc1F. The molecule has 1 nitrogen and oxygen atoms in total. The lowest BCUT2D eigenvalue weighted by atomic mass is 10.2. The summed E-state index contributed by atoms with van der Waals surface area (Å²) in [4.78, 5) is 0. The summed E-state index contributed by atoms with van der Waals surface area (Å²) in [5.41, 5.74) is 0.775. The second kappa shape index (κ2) is 7.50. The number of hydrogen-bond acceptors (Lipinski definition) is 1. The zero-order valence-electron chi connectivity index (χ0n) is 9.64. The van der Waals surface area contributed by atoms with Gasteiger partial charge in [-0.2, -0.15) is 0 Å². The summed E-state index contributed by atoms with van der Waals surface area (Å²) in [6, 6.07) is 4.86. The molecule has 0 aliphatic heterocycles. The van der Waals surface area contributed by atoms with Crippen molar-refractivity contribution >= 4 is 11.6 Å². The van der Waals surface area contributed by atoms with Crippen molar-refractivity contribution in [3.63, 3.8) is 0 Å². The smallest absolute Gasteiger partial charge is 0.165 e. The molecular formula is C13H18ClFO. The van der Waals surface area contributed by atoms with Gasteiger partial charge in [0.05, 0.1) is 6.61 Å². The first kappa shape index (κ1) is 13.3. The molecule has 0 fully saturated rings. The monoisotopic (exact) mass is 244 g/mol. The van der Waals surface area contributed by atoms with Crippen LogP contribution < -0.4 is 4.74 Å². The molecule has 0 aromatic heterocycles. The first-order chi connectivity index (χ1) is 7.77. The van der Waals surface area contributed by atoms with Crippen LogP contribution in [0.1, 0.15) is 38.2 Å². The average molecular weight is 245 g/mol. The van der Waals surface area contributed by atoms with E-state index in [4.69, 9.17) is 16.3 Å². The van der Waals surface area contributed by atoms with Crippen LogP contribution in [0.4, 0.5) is 4.39 Å². The molecule has 1 aromatic rings.